The van der Waals surface area contributed by atoms with Crippen LogP contribution in [0.4, 0.5) is 0 Å². The smallest absolute Gasteiger partial charge is 0.137 e. The van der Waals surface area contributed by atoms with Crippen LogP contribution in [0.1, 0.15) is 53.5 Å². The second-order valence-corrected chi connectivity index (χ2v) is 9.55. The third-order valence-corrected chi connectivity index (χ3v) is 4.61. The molecule has 3 nitrogen and oxygen atoms in total. The number of aliphatic hydroxyl groups excluding tert-OH is 1. The highest BCUT2D eigenvalue weighted by atomic mass is 127. The summed E-state index contributed by atoms with van der Waals surface area (Å²) in [4.78, 5) is 0. The molecular weight excluding hydrogens is 425 g/mol. The first-order valence-electron chi connectivity index (χ1n) is 9.08. The second-order valence-electron chi connectivity index (χ2n) is 9.55. The Kier molecular flexibility index (Phi) is 9.43. The van der Waals surface area contributed by atoms with E-state index in [0.717, 1.165) is 23.2 Å². The van der Waals surface area contributed by atoms with Crippen molar-refractivity contribution in [2.45, 2.75) is 59.5 Å². The zero-order valence-corrected chi connectivity index (χ0v) is 19.6. The van der Waals surface area contributed by atoms with E-state index in [1.807, 2.05) is 12.1 Å². The molecule has 0 saturated carbocycles. The van der Waals surface area contributed by atoms with Crippen LogP contribution >= 0.6 is 0 Å². The zero-order chi connectivity index (χ0) is 18.6. The molecular formula is C21H38INO2. The topological polar surface area (TPSA) is 29.5 Å². The molecule has 0 saturated heterocycles. The zero-order valence-electron chi connectivity index (χ0n) is 17.4. The number of rotatable bonds is 8. The Hall–Kier alpha value is -0.330. The molecule has 1 unspecified atom stereocenters. The van der Waals surface area contributed by atoms with Crippen molar-refractivity contribution in [1.29, 1.82) is 0 Å². The Bertz CT molecular complexity index is 504. The highest BCUT2D eigenvalue weighted by Crippen LogP contribution is 2.36. The van der Waals surface area contributed by atoms with Gasteiger partial charge in [-0.2, -0.15) is 0 Å². The predicted octanol–water partition coefficient (Wildman–Crippen LogP) is 1.24. The van der Waals surface area contributed by atoms with E-state index in [9.17, 15) is 5.11 Å². The lowest BCUT2D eigenvalue weighted by Gasteiger charge is -2.33. The first-order valence-corrected chi connectivity index (χ1v) is 9.08. The molecule has 0 spiro atoms. The van der Waals surface area contributed by atoms with Crippen molar-refractivity contribution in [2.75, 3.05) is 33.8 Å². The number of hydrogen-bond donors (Lipinski definition) is 1. The third-order valence-electron chi connectivity index (χ3n) is 4.61. The van der Waals surface area contributed by atoms with Crippen molar-refractivity contribution in [3.63, 3.8) is 0 Å². The van der Waals surface area contributed by atoms with Gasteiger partial charge in [-0.05, 0) is 41.9 Å². The highest BCUT2D eigenvalue weighted by Gasteiger charge is 2.27. The van der Waals surface area contributed by atoms with E-state index in [2.05, 4.69) is 67.8 Å². The summed E-state index contributed by atoms with van der Waals surface area (Å²) in [5.74, 6) is 0.825. The van der Waals surface area contributed by atoms with Crippen molar-refractivity contribution >= 4 is 0 Å². The van der Waals surface area contributed by atoms with E-state index >= 15 is 0 Å². The first kappa shape index (κ1) is 24.7. The minimum atomic E-state index is -0.447. The Morgan fingerprint density at radius 1 is 1.04 bits per heavy atom. The van der Waals surface area contributed by atoms with Crippen LogP contribution < -0.4 is 28.7 Å². The van der Waals surface area contributed by atoms with Crippen LogP contribution in [0.2, 0.25) is 0 Å². The monoisotopic (exact) mass is 463 g/mol. The average Bonchev–Trinajstić information content (AvgIpc) is 2.42. The van der Waals surface area contributed by atoms with E-state index in [1.54, 1.807) is 0 Å². The Morgan fingerprint density at radius 3 is 2.00 bits per heavy atom. The second kappa shape index (κ2) is 9.56. The van der Waals surface area contributed by atoms with Gasteiger partial charge in [-0.15, -0.1) is 0 Å². The normalized spacial score (nSPS) is 14.0. The number of benzene rings is 1. The number of hydrogen-bond acceptors (Lipinski definition) is 2. The predicted molar refractivity (Wildman–Crippen MR) is 103 cm³/mol. The fourth-order valence-electron chi connectivity index (χ4n) is 3.37. The molecule has 1 aromatic rings. The first-order chi connectivity index (χ1) is 10.8. The standard InChI is InChI=1S/C21H38NO2.HI/c1-9-22(7,8)14-18(23)15-24-19-12-10-17(11-13-19)21(5,6)16-20(2,3)4;/h10-13,18,23H,9,14-16H2,1-8H3;1H/q+1;/p-1. The maximum Gasteiger partial charge on any atom is 0.137 e. The largest absolute Gasteiger partial charge is 1.00 e. The van der Waals surface area contributed by atoms with Crippen molar-refractivity contribution in [1.82, 2.24) is 0 Å². The lowest BCUT2D eigenvalue weighted by molar-refractivity contribution is -0.891. The summed E-state index contributed by atoms with van der Waals surface area (Å²) in [6.45, 7) is 15.6. The van der Waals surface area contributed by atoms with Gasteiger partial charge >= 0.3 is 0 Å². The van der Waals surface area contributed by atoms with Crippen LogP contribution in [-0.2, 0) is 5.41 Å². The molecule has 0 radical (unpaired) electrons. The molecule has 25 heavy (non-hydrogen) atoms. The molecule has 0 heterocycles. The van der Waals surface area contributed by atoms with Gasteiger partial charge < -0.3 is 38.3 Å². The Balaban J connectivity index is 0.00000576. The van der Waals surface area contributed by atoms with Gasteiger partial charge in [0.15, 0.2) is 0 Å². The highest BCUT2D eigenvalue weighted by molar-refractivity contribution is 5.31. The summed E-state index contributed by atoms with van der Waals surface area (Å²) in [6.07, 6.45) is 0.681. The van der Waals surface area contributed by atoms with E-state index in [-0.39, 0.29) is 29.4 Å². The molecule has 1 atom stereocenters. The molecule has 1 aromatic carbocycles. The lowest BCUT2D eigenvalue weighted by atomic mass is 9.72. The molecule has 1 rings (SSSR count). The van der Waals surface area contributed by atoms with Crippen LogP contribution in [0.15, 0.2) is 24.3 Å². The lowest BCUT2D eigenvalue weighted by Crippen LogP contribution is -3.00. The van der Waals surface area contributed by atoms with E-state index in [0.29, 0.717) is 18.6 Å². The SMILES string of the molecule is CC[N+](C)(C)CC(O)COc1ccc(C(C)(C)CC(C)(C)C)cc1.[I-]. The summed E-state index contributed by atoms with van der Waals surface area (Å²) in [5, 5.41) is 10.1. The summed E-state index contributed by atoms with van der Waals surface area (Å²) >= 11 is 0. The van der Waals surface area contributed by atoms with Gasteiger partial charge in [-0.3, -0.25) is 0 Å². The number of nitrogens with zero attached hydrogens (tertiary/aromatic N) is 1. The van der Waals surface area contributed by atoms with Crippen LogP contribution in [0.5, 0.6) is 5.75 Å². The fourth-order valence-corrected chi connectivity index (χ4v) is 3.37. The van der Waals surface area contributed by atoms with Crippen molar-refractivity contribution < 1.29 is 38.3 Å². The molecule has 0 aromatic heterocycles. The van der Waals surface area contributed by atoms with Crippen molar-refractivity contribution in [3.8, 4) is 5.75 Å². The maximum atomic E-state index is 10.1. The van der Waals surface area contributed by atoms with Gasteiger partial charge in [0.25, 0.3) is 0 Å². The van der Waals surface area contributed by atoms with E-state index < -0.39 is 6.10 Å². The van der Waals surface area contributed by atoms with Gasteiger partial charge in [0.2, 0.25) is 0 Å². The number of quaternary nitrogens is 1. The van der Waals surface area contributed by atoms with Gasteiger partial charge in [0.05, 0.1) is 20.6 Å². The average molecular weight is 463 g/mol. The molecule has 1 N–H and O–H groups in total. The van der Waals surface area contributed by atoms with E-state index in [1.165, 1.54) is 5.56 Å². The summed E-state index contributed by atoms with van der Waals surface area (Å²) in [6, 6.07) is 8.34. The van der Waals surface area contributed by atoms with Crippen LogP contribution in [0.3, 0.4) is 0 Å². The molecule has 0 amide bonds. The number of halogens is 1. The van der Waals surface area contributed by atoms with Crippen LogP contribution in [0.25, 0.3) is 0 Å². The third kappa shape index (κ3) is 9.25. The Morgan fingerprint density at radius 2 is 1.56 bits per heavy atom. The minimum absolute atomic E-state index is 0. The van der Waals surface area contributed by atoms with Gasteiger partial charge in [0.1, 0.15) is 25.0 Å². The van der Waals surface area contributed by atoms with Crippen molar-refractivity contribution in [2.24, 2.45) is 5.41 Å². The minimum Gasteiger partial charge on any atom is -1.00 e. The van der Waals surface area contributed by atoms with E-state index in [4.69, 9.17) is 4.74 Å². The summed E-state index contributed by atoms with van der Waals surface area (Å²) in [7, 11) is 4.24. The maximum absolute atomic E-state index is 10.1. The molecule has 146 valence electrons. The molecule has 0 aliphatic heterocycles. The van der Waals surface area contributed by atoms with Crippen molar-refractivity contribution in [3.05, 3.63) is 29.8 Å². The van der Waals surface area contributed by atoms with Crippen LogP contribution in [-0.4, -0.2) is 49.5 Å². The van der Waals surface area contributed by atoms with Gasteiger partial charge in [-0.25, -0.2) is 0 Å². The molecule has 0 aliphatic carbocycles. The quantitative estimate of drug-likeness (QED) is 0.465. The molecule has 0 aliphatic rings. The fraction of sp³-hybridized carbons (Fsp3) is 0.714. The summed E-state index contributed by atoms with van der Waals surface area (Å²) < 4.78 is 6.56. The molecule has 4 heteroatoms. The molecule has 0 bridgehead atoms. The summed E-state index contributed by atoms with van der Waals surface area (Å²) in [5.41, 5.74) is 1.76. The number of ether oxygens (including phenoxy) is 1. The molecule has 0 fully saturated rings. The van der Waals surface area contributed by atoms with Gasteiger partial charge in [-0.1, -0.05) is 46.8 Å². The Labute approximate surface area is 172 Å². The number of aliphatic hydroxyl groups is 1. The van der Waals surface area contributed by atoms with Crippen LogP contribution in [0, 0.1) is 5.41 Å². The number of likely N-dealkylation sites (N-methyl/N-ethyl adjacent to an activating group) is 1. The van der Waals surface area contributed by atoms with Gasteiger partial charge in [0, 0.05) is 0 Å².